The van der Waals surface area contributed by atoms with Gasteiger partial charge in [0, 0.05) is 24.5 Å². The monoisotopic (exact) mass is 227 g/mol. The summed E-state index contributed by atoms with van der Waals surface area (Å²) < 4.78 is 0. The Bertz CT molecular complexity index is 287. The molecule has 0 atom stereocenters. The molecule has 1 heterocycles. The first-order chi connectivity index (χ1) is 7.04. The topological polar surface area (TPSA) is 42.2 Å². The molecule has 1 aromatic rings. The minimum Gasteiger partial charge on any atom is -0.347 e. The van der Waals surface area contributed by atoms with Crippen molar-refractivity contribution in [1.29, 1.82) is 0 Å². The van der Waals surface area contributed by atoms with Gasteiger partial charge in [0.05, 0.1) is 5.69 Å². The Hall–Kier alpha value is -0.610. The molecule has 0 bridgehead atoms. The summed E-state index contributed by atoms with van der Waals surface area (Å²) in [6.45, 7) is 11.2. The Morgan fingerprint density at radius 1 is 1.40 bits per heavy atom. The number of rotatable bonds is 5. The number of hydrogen-bond donors (Lipinski definition) is 1. The van der Waals surface area contributed by atoms with Crippen LogP contribution in [0.5, 0.6) is 0 Å². The van der Waals surface area contributed by atoms with Crippen molar-refractivity contribution in [2.45, 2.75) is 27.7 Å². The maximum absolute atomic E-state index is 5.62. The fourth-order valence-corrected chi connectivity index (χ4v) is 2.40. The lowest BCUT2D eigenvalue weighted by atomic mass is 10.2. The third kappa shape index (κ3) is 3.47. The summed E-state index contributed by atoms with van der Waals surface area (Å²) in [4.78, 5) is 8.16. The van der Waals surface area contributed by atoms with Gasteiger partial charge in [-0.1, -0.05) is 13.8 Å². The molecular formula is C11H21N3S. The molecule has 0 aromatic carbocycles. The lowest BCUT2D eigenvalue weighted by Crippen LogP contribution is -2.32. The van der Waals surface area contributed by atoms with E-state index in [0.29, 0.717) is 12.5 Å². The normalized spacial score (nSPS) is 11.1. The first kappa shape index (κ1) is 12.5. The Morgan fingerprint density at radius 2 is 2.07 bits per heavy atom. The van der Waals surface area contributed by atoms with Crippen LogP contribution >= 0.6 is 11.3 Å². The molecule has 15 heavy (non-hydrogen) atoms. The lowest BCUT2D eigenvalue weighted by Gasteiger charge is -2.22. The van der Waals surface area contributed by atoms with E-state index in [9.17, 15) is 0 Å². The number of hydrogen-bond acceptors (Lipinski definition) is 4. The molecule has 0 aliphatic rings. The standard InChI is InChI=1S/C11H21N3S/c1-8(2)7-14(6-5-12)11-13-9(3)10(4)15-11/h8H,5-7,12H2,1-4H3. The van der Waals surface area contributed by atoms with Crippen molar-refractivity contribution in [3.05, 3.63) is 10.6 Å². The average Bonchev–Trinajstić information content (AvgIpc) is 2.46. The van der Waals surface area contributed by atoms with Gasteiger partial charge in [0.15, 0.2) is 5.13 Å². The van der Waals surface area contributed by atoms with Gasteiger partial charge < -0.3 is 10.6 Å². The summed E-state index contributed by atoms with van der Waals surface area (Å²) in [6, 6.07) is 0. The number of nitrogens with zero attached hydrogens (tertiary/aromatic N) is 2. The zero-order chi connectivity index (χ0) is 11.4. The quantitative estimate of drug-likeness (QED) is 0.838. The summed E-state index contributed by atoms with van der Waals surface area (Å²) >= 11 is 1.76. The van der Waals surface area contributed by atoms with E-state index in [1.165, 1.54) is 4.88 Å². The Kier molecular flexibility index (Phi) is 4.54. The van der Waals surface area contributed by atoms with Gasteiger partial charge in [-0.3, -0.25) is 0 Å². The van der Waals surface area contributed by atoms with Gasteiger partial charge in [-0.15, -0.1) is 11.3 Å². The second kappa shape index (κ2) is 5.47. The van der Waals surface area contributed by atoms with Crippen LogP contribution in [0.2, 0.25) is 0 Å². The highest BCUT2D eigenvalue weighted by Gasteiger charge is 2.12. The second-order valence-corrected chi connectivity index (χ2v) is 5.45. The van der Waals surface area contributed by atoms with E-state index in [1.807, 2.05) is 0 Å². The first-order valence-electron chi connectivity index (χ1n) is 5.43. The van der Waals surface area contributed by atoms with Crippen LogP contribution in [0.4, 0.5) is 5.13 Å². The van der Waals surface area contributed by atoms with Crippen molar-refractivity contribution in [2.24, 2.45) is 11.7 Å². The third-order valence-corrected chi connectivity index (χ3v) is 3.41. The lowest BCUT2D eigenvalue weighted by molar-refractivity contribution is 0.610. The highest BCUT2D eigenvalue weighted by Crippen LogP contribution is 2.25. The summed E-state index contributed by atoms with van der Waals surface area (Å²) in [5.74, 6) is 0.640. The summed E-state index contributed by atoms with van der Waals surface area (Å²) in [7, 11) is 0. The molecule has 86 valence electrons. The molecule has 0 saturated heterocycles. The van der Waals surface area contributed by atoms with E-state index in [4.69, 9.17) is 5.73 Å². The van der Waals surface area contributed by atoms with E-state index in [2.05, 4.69) is 37.6 Å². The maximum Gasteiger partial charge on any atom is 0.185 e. The highest BCUT2D eigenvalue weighted by atomic mass is 32.1. The molecule has 0 saturated carbocycles. The smallest absolute Gasteiger partial charge is 0.185 e. The molecule has 0 aliphatic heterocycles. The maximum atomic E-state index is 5.62. The SMILES string of the molecule is Cc1nc(N(CCN)CC(C)C)sc1C. The van der Waals surface area contributed by atoms with Gasteiger partial charge in [-0.2, -0.15) is 0 Å². The average molecular weight is 227 g/mol. The van der Waals surface area contributed by atoms with E-state index in [1.54, 1.807) is 11.3 Å². The van der Waals surface area contributed by atoms with Crippen molar-refractivity contribution in [3.63, 3.8) is 0 Å². The Balaban J connectivity index is 2.78. The molecular weight excluding hydrogens is 206 g/mol. The van der Waals surface area contributed by atoms with Crippen molar-refractivity contribution in [2.75, 3.05) is 24.5 Å². The number of nitrogens with two attached hydrogens (primary N) is 1. The van der Waals surface area contributed by atoms with E-state index in [-0.39, 0.29) is 0 Å². The number of aryl methyl sites for hydroxylation is 2. The molecule has 1 rings (SSSR count). The minimum absolute atomic E-state index is 0.640. The summed E-state index contributed by atoms with van der Waals surface area (Å²) in [5.41, 5.74) is 6.76. The number of aromatic nitrogens is 1. The molecule has 1 aromatic heterocycles. The number of thiazole rings is 1. The van der Waals surface area contributed by atoms with Crippen LogP contribution in [0.1, 0.15) is 24.4 Å². The van der Waals surface area contributed by atoms with Gasteiger partial charge in [-0.05, 0) is 19.8 Å². The largest absolute Gasteiger partial charge is 0.347 e. The van der Waals surface area contributed by atoms with Crippen molar-refractivity contribution in [1.82, 2.24) is 4.98 Å². The van der Waals surface area contributed by atoms with E-state index in [0.717, 1.165) is 23.9 Å². The van der Waals surface area contributed by atoms with Gasteiger partial charge in [0.25, 0.3) is 0 Å². The first-order valence-corrected chi connectivity index (χ1v) is 6.25. The number of anilines is 1. The molecule has 0 aliphatic carbocycles. The van der Waals surface area contributed by atoms with Crippen LogP contribution in [0.3, 0.4) is 0 Å². The zero-order valence-electron chi connectivity index (χ0n) is 10.1. The molecule has 3 nitrogen and oxygen atoms in total. The fourth-order valence-electron chi connectivity index (χ4n) is 1.45. The predicted octanol–water partition coefficient (Wildman–Crippen LogP) is 2.18. The van der Waals surface area contributed by atoms with Gasteiger partial charge >= 0.3 is 0 Å². The van der Waals surface area contributed by atoms with Crippen LogP contribution in [0.15, 0.2) is 0 Å². The molecule has 0 amide bonds. The van der Waals surface area contributed by atoms with Gasteiger partial charge in [-0.25, -0.2) is 4.98 Å². The van der Waals surface area contributed by atoms with Gasteiger partial charge in [0.1, 0.15) is 0 Å². The molecule has 0 radical (unpaired) electrons. The van der Waals surface area contributed by atoms with Crippen molar-refractivity contribution < 1.29 is 0 Å². The fraction of sp³-hybridized carbons (Fsp3) is 0.727. The molecule has 0 fully saturated rings. The summed E-state index contributed by atoms with van der Waals surface area (Å²) in [6.07, 6.45) is 0. The molecule has 4 heteroatoms. The van der Waals surface area contributed by atoms with Crippen LogP contribution in [-0.4, -0.2) is 24.6 Å². The van der Waals surface area contributed by atoms with E-state index < -0.39 is 0 Å². The summed E-state index contributed by atoms with van der Waals surface area (Å²) in [5, 5.41) is 1.11. The molecule has 2 N–H and O–H groups in total. The highest BCUT2D eigenvalue weighted by molar-refractivity contribution is 7.15. The van der Waals surface area contributed by atoms with Crippen LogP contribution < -0.4 is 10.6 Å². The second-order valence-electron chi connectivity index (χ2n) is 4.27. The van der Waals surface area contributed by atoms with Crippen molar-refractivity contribution in [3.8, 4) is 0 Å². The Labute approximate surface area is 96.3 Å². The van der Waals surface area contributed by atoms with E-state index >= 15 is 0 Å². The Morgan fingerprint density at radius 3 is 2.47 bits per heavy atom. The molecule has 0 unspecified atom stereocenters. The van der Waals surface area contributed by atoms with Crippen LogP contribution in [0.25, 0.3) is 0 Å². The van der Waals surface area contributed by atoms with Crippen LogP contribution in [0, 0.1) is 19.8 Å². The van der Waals surface area contributed by atoms with Gasteiger partial charge in [0.2, 0.25) is 0 Å². The molecule has 0 spiro atoms. The van der Waals surface area contributed by atoms with Crippen LogP contribution in [-0.2, 0) is 0 Å². The van der Waals surface area contributed by atoms with Crippen molar-refractivity contribution >= 4 is 16.5 Å². The zero-order valence-corrected chi connectivity index (χ0v) is 10.9. The predicted molar refractivity (Wildman–Crippen MR) is 67.7 cm³/mol. The minimum atomic E-state index is 0.640. The third-order valence-electron chi connectivity index (χ3n) is 2.27.